The minimum atomic E-state index is -0.138. The van der Waals surface area contributed by atoms with Crippen LogP contribution in [0.2, 0.25) is 0 Å². The molecule has 0 amide bonds. The van der Waals surface area contributed by atoms with Crippen LogP contribution in [0.5, 0.6) is 17.2 Å². The summed E-state index contributed by atoms with van der Waals surface area (Å²) in [5.41, 5.74) is 1.72. The molecule has 0 saturated heterocycles. The molecule has 3 rings (SSSR count). The predicted octanol–water partition coefficient (Wildman–Crippen LogP) is 6.35. The van der Waals surface area contributed by atoms with Crippen LogP contribution in [-0.2, 0) is 13.2 Å². The molecule has 0 fully saturated rings. The van der Waals surface area contributed by atoms with Gasteiger partial charge in [0.05, 0.1) is 19.2 Å². The minimum absolute atomic E-state index is 0.138. The van der Waals surface area contributed by atoms with Crippen molar-refractivity contribution in [2.75, 3.05) is 13.7 Å². The van der Waals surface area contributed by atoms with Gasteiger partial charge in [-0.3, -0.25) is 4.79 Å². The number of fused-ring (bicyclic) bond motifs is 1. The van der Waals surface area contributed by atoms with E-state index in [4.69, 9.17) is 14.2 Å². The second-order valence-corrected chi connectivity index (χ2v) is 8.04. The lowest BCUT2D eigenvalue weighted by atomic mass is 10.1. The van der Waals surface area contributed by atoms with Crippen molar-refractivity contribution in [3.05, 3.63) is 64.4 Å². The van der Waals surface area contributed by atoms with Gasteiger partial charge in [0.1, 0.15) is 12.4 Å². The van der Waals surface area contributed by atoms with E-state index < -0.39 is 0 Å². The standard InChI is InChI=1S/C27H35NO4/c1-4-6-8-12-17-28-24-19-22(30-3)15-16-23(24)25(26(27(28)29)31-18-7-5-2)32-20-21-13-10-9-11-14-21/h9-11,13-16,19H,4-8,12,17-18,20H2,1-3H3. The average molecular weight is 438 g/mol. The SMILES string of the molecule is CCCCCCn1c(=O)c(OCCCC)c(OCc2ccccc2)c2ccc(OC)cc21. The summed E-state index contributed by atoms with van der Waals surface area (Å²) < 4.78 is 19.6. The number of ether oxygens (including phenoxy) is 3. The van der Waals surface area contributed by atoms with Crippen LogP contribution in [0.1, 0.15) is 57.9 Å². The van der Waals surface area contributed by atoms with Gasteiger partial charge in [0.25, 0.3) is 5.56 Å². The third-order valence-corrected chi connectivity index (χ3v) is 5.59. The van der Waals surface area contributed by atoms with Gasteiger partial charge in [0.15, 0.2) is 5.75 Å². The lowest BCUT2D eigenvalue weighted by molar-refractivity contribution is 0.257. The largest absolute Gasteiger partial charge is 0.497 e. The van der Waals surface area contributed by atoms with Crippen molar-refractivity contribution in [3.63, 3.8) is 0 Å². The van der Waals surface area contributed by atoms with Gasteiger partial charge < -0.3 is 18.8 Å². The van der Waals surface area contributed by atoms with Crippen LogP contribution in [0.3, 0.4) is 0 Å². The molecule has 0 aliphatic heterocycles. The van der Waals surface area contributed by atoms with Gasteiger partial charge in [-0.2, -0.15) is 0 Å². The molecule has 0 aliphatic rings. The maximum absolute atomic E-state index is 13.6. The number of unbranched alkanes of at least 4 members (excludes halogenated alkanes) is 4. The Morgan fingerprint density at radius 3 is 2.34 bits per heavy atom. The summed E-state index contributed by atoms with van der Waals surface area (Å²) in [4.78, 5) is 13.6. The van der Waals surface area contributed by atoms with E-state index in [-0.39, 0.29) is 5.56 Å². The molecule has 0 bridgehead atoms. The molecule has 3 aromatic rings. The molecule has 0 unspecified atom stereocenters. The Kier molecular flexibility index (Phi) is 9.02. The van der Waals surface area contributed by atoms with Crippen molar-refractivity contribution in [1.82, 2.24) is 4.57 Å². The number of nitrogens with zero attached hydrogens (tertiary/aromatic N) is 1. The summed E-state index contributed by atoms with van der Waals surface area (Å²) in [5, 5.41) is 0.864. The van der Waals surface area contributed by atoms with E-state index in [1.807, 2.05) is 53.1 Å². The number of hydrogen-bond donors (Lipinski definition) is 0. The molecular weight excluding hydrogens is 402 g/mol. The van der Waals surface area contributed by atoms with E-state index in [2.05, 4.69) is 13.8 Å². The van der Waals surface area contributed by atoms with Gasteiger partial charge >= 0.3 is 0 Å². The fourth-order valence-electron chi connectivity index (χ4n) is 3.74. The zero-order valence-electron chi connectivity index (χ0n) is 19.6. The van der Waals surface area contributed by atoms with Crippen molar-refractivity contribution >= 4 is 10.9 Å². The molecule has 0 aliphatic carbocycles. The fourth-order valence-corrected chi connectivity index (χ4v) is 3.74. The molecule has 0 spiro atoms. The zero-order valence-corrected chi connectivity index (χ0v) is 19.6. The van der Waals surface area contributed by atoms with E-state index in [1.54, 1.807) is 7.11 Å². The van der Waals surface area contributed by atoms with Crippen molar-refractivity contribution in [3.8, 4) is 17.2 Å². The maximum atomic E-state index is 13.6. The van der Waals surface area contributed by atoms with E-state index in [9.17, 15) is 4.79 Å². The van der Waals surface area contributed by atoms with Crippen LogP contribution in [0, 0.1) is 0 Å². The molecule has 2 aromatic carbocycles. The van der Waals surface area contributed by atoms with Crippen LogP contribution in [-0.4, -0.2) is 18.3 Å². The molecule has 0 radical (unpaired) electrons. The predicted molar refractivity (Wildman–Crippen MR) is 130 cm³/mol. The lowest BCUT2D eigenvalue weighted by Crippen LogP contribution is -2.24. The maximum Gasteiger partial charge on any atom is 0.297 e. The van der Waals surface area contributed by atoms with Crippen LogP contribution in [0.15, 0.2) is 53.3 Å². The van der Waals surface area contributed by atoms with Crippen molar-refractivity contribution in [2.45, 2.75) is 65.5 Å². The number of methoxy groups -OCH3 is 1. The Hall–Kier alpha value is -2.95. The molecule has 5 heteroatoms. The Morgan fingerprint density at radius 2 is 1.62 bits per heavy atom. The van der Waals surface area contributed by atoms with Crippen molar-refractivity contribution in [1.29, 1.82) is 0 Å². The first-order valence-corrected chi connectivity index (χ1v) is 11.7. The number of hydrogen-bond acceptors (Lipinski definition) is 4. The average Bonchev–Trinajstić information content (AvgIpc) is 2.83. The smallest absolute Gasteiger partial charge is 0.297 e. The molecule has 1 heterocycles. The van der Waals surface area contributed by atoms with Gasteiger partial charge in [-0.15, -0.1) is 0 Å². The van der Waals surface area contributed by atoms with Gasteiger partial charge in [-0.05, 0) is 30.5 Å². The van der Waals surface area contributed by atoms with E-state index >= 15 is 0 Å². The lowest BCUT2D eigenvalue weighted by Gasteiger charge is -2.19. The molecule has 1 aromatic heterocycles. The second kappa shape index (κ2) is 12.2. The first-order chi connectivity index (χ1) is 15.7. The molecular formula is C27H35NO4. The van der Waals surface area contributed by atoms with Gasteiger partial charge in [0.2, 0.25) is 5.75 Å². The molecule has 0 saturated carbocycles. The number of benzene rings is 2. The highest BCUT2D eigenvalue weighted by atomic mass is 16.5. The molecule has 172 valence electrons. The van der Waals surface area contributed by atoms with Crippen LogP contribution in [0.25, 0.3) is 10.9 Å². The Morgan fingerprint density at radius 1 is 0.844 bits per heavy atom. The summed E-state index contributed by atoms with van der Waals surface area (Å²) in [7, 11) is 1.64. The zero-order chi connectivity index (χ0) is 22.8. The Balaban J connectivity index is 2.08. The Bertz CT molecular complexity index is 1040. The van der Waals surface area contributed by atoms with Gasteiger partial charge in [-0.25, -0.2) is 0 Å². The van der Waals surface area contributed by atoms with Crippen LogP contribution in [0.4, 0.5) is 0 Å². The van der Waals surface area contributed by atoms with E-state index in [1.165, 1.54) is 0 Å². The molecule has 32 heavy (non-hydrogen) atoms. The first-order valence-electron chi connectivity index (χ1n) is 11.7. The highest BCUT2D eigenvalue weighted by Crippen LogP contribution is 2.35. The van der Waals surface area contributed by atoms with Crippen LogP contribution < -0.4 is 19.8 Å². The molecule has 0 N–H and O–H groups in total. The normalized spacial score (nSPS) is 11.0. The van der Waals surface area contributed by atoms with Gasteiger partial charge in [-0.1, -0.05) is 69.9 Å². The highest BCUT2D eigenvalue weighted by molar-refractivity contribution is 5.89. The topological polar surface area (TPSA) is 49.7 Å². The molecule has 0 atom stereocenters. The highest BCUT2D eigenvalue weighted by Gasteiger charge is 2.20. The summed E-state index contributed by atoms with van der Waals surface area (Å²) in [6, 6.07) is 15.7. The number of rotatable bonds is 13. The van der Waals surface area contributed by atoms with Crippen LogP contribution >= 0.6 is 0 Å². The van der Waals surface area contributed by atoms with E-state index in [0.29, 0.717) is 37.0 Å². The summed E-state index contributed by atoms with van der Waals surface area (Å²) in [6.07, 6.45) is 6.23. The molecule has 5 nitrogen and oxygen atoms in total. The first kappa shape index (κ1) is 23.7. The van der Waals surface area contributed by atoms with Crippen molar-refractivity contribution < 1.29 is 14.2 Å². The summed E-state index contributed by atoms with van der Waals surface area (Å²) in [6.45, 7) is 5.79. The second-order valence-electron chi connectivity index (χ2n) is 8.04. The Labute approximate surface area is 190 Å². The number of aryl methyl sites for hydroxylation is 1. The fraction of sp³-hybridized carbons (Fsp3) is 0.444. The van der Waals surface area contributed by atoms with Gasteiger partial charge in [0, 0.05) is 18.0 Å². The summed E-state index contributed by atoms with van der Waals surface area (Å²) in [5.74, 6) is 1.54. The van der Waals surface area contributed by atoms with Crippen molar-refractivity contribution in [2.24, 2.45) is 0 Å². The third-order valence-electron chi connectivity index (χ3n) is 5.59. The third kappa shape index (κ3) is 5.84. The number of aromatic nitrogens is 1. The monoisotopic (exact) mass is 437 g/mol. The van der Waals surface area contributed by atoms with E-state index in [0.717, 1.165) is 55.0 Å². The minimum Gasteiger partial charge on any atom is -0.497 e. The summed E-state index contributed by atoms with van der Waals surface area (Å²) >= 11 is 0. The number of pyridine rings is 1. The quantitative estimate of drug-likeness (QED) is 0.292.